The van der Waals surface area contributed by atoms with E-state index in [0.29, 0.717) is 28.5 Å². The zero-order valence-electron chi connectivity index (χ0n) is 13.5. The van der Waals surface area contributed by atoms with Crippen molar-refractivity contribution in [2.45, 2.75) is 20.0 Å². The summed E-state index contributed by atoms with van der Waals surface area (Å²) in [4.78, 5) is 17.0. The molecule has 0 radical (unpaired) electrons. The molecule has 0 aliphatic carbocycles. The third-order valence-electron chi connectivity index (χ3n) is 3.44. The van der Waals surface area contributed by atoms with Gasteiger partial charge in [0.15, 0.2) is 0 Å². The maximum Gasteiger partial charge on any atom is 0.414 e. The maximum atomic E-state index is 14.3. The topological polar surface area (TPSA) is 68.5 Å². The van der Waals surface area contributed by atoms with E-state index in [9.17, 15) is 9.18 Å². The molecule has 3 rings (SSSR count). The fraction of sp³-hybridized carbons (Fsp3) is 0.294. The molecular weight excluding hydrogens is 333 g/mol. The van der Waals surface area contributed by atoms with E-state index >= 15 is 0 Å². The minimum Gasteiger partial charge on any atom is -0.443 e. The molecule has 5 nitrogen and oxygen atoms in total. The van der Waals surface area contributed by atoms with Gasteiger partial charge in [-0.3, -0.25) is 4.90 Å². The van der Waals surface area contributed by atoms with Crippen LogP contribution in [0.2, 0.25) is 5.15 Å². The average molecular weight is 352 g/mol. The summed E-state index contributed by atoms with van der Waals surface area (Å²) < 4.78 is 19.4. The highest BCUT2D eigenvalue weighted by Gasteiger charge is 2.31. The van der Waals surface area contributed by atoms with Gasteiger partial charge in [-0.2, -0.15) is 0 Å². The fourth-order valence-corrected chi connectivity index (χ4v) is 2.41. The Morgan fingerprint density at radius 2 is 2.12 bits per heavy atom. The summed E-state index contributed by atoms with van der Waals surface area (Å²) in [7, 11) is 0. The highest BCUT2D eigenvalue weighted by Crippen LogP contribution is 2.29. The lowest BCUT2D eigenvalue weighted by Crippen LogP contribution is -2.27. The first-order valence-electron chi connectivity index (χ1n) is 7.68. The number of cyclic esters (lactones) is 1. The molecule has 1 aliphatic rings. The standard InChI is InChI=1S/C15H13ClFN3O2.C2H6/c16-14-4-1-9(7-19-14)12-3-2-10(5-13(12)17)20-8-11(6-18)22-15(20)21;1-2/h1-5,7,11H,6,8,18H2;1-2H3/t11-;/m0./s1. The number of benzene rings is 1. The number of anilines is 1. The van der Waals surface area contributed by atoms with Crippen LogP contribution in [0, 0.1) is 5.82 Å². The van der Waals surface area contributed by atoms with Crippen molar-refractivity contribution < 1.29 is 13.9 Å². The van der Waals surface area contributed by atoms with Crippen LogP contribution in [0.3, 0.4) is 0 Å². The number of carbonyl (C=O) groups is 1. The molecule has 1 amide bonds. The third kappa shape index (κ3) is 3.83. The summed E-state index contributed by atoms with van der Waals surface area (Å²) in [6.07, 6.45) is 0.612. The number of nitrogens with zero attached hydrogens (tertiary/aromatic N) is 2. The van der Waals surface area contributed by atoms with Gasteiger partial charge in [0.2, 0.25) is 0 Å². The molecule has 7 heteroatoms. The van der Waals surface area contributed by atoms with Crippen molar-refractivity contribution in [2.24, 2.45) is 5.73 Å². The number of aromatic nitrogens is 1. The van der Waals surface area contributed by atoms with E-state index < -0.39 is 11.9 Å². The van der Waals surface area contributed by atoms with E-state index in [0.717, 1.165) is 0 Å². The van der Waals surface area contributed by atoms with Gasteiger partial charge in [0.05, 0.1) is 12.2 Å². The van der Waals surface area contributed by atoms with E-state index in [1.165, 1.54) is 17.2 Å². The Hall–Kier alpha value is -2.18. The van der Waals surface area contributed by atoms with Crippen LogP contribution in [-0.4, -0.2) is 30.3 Å². The Balaban J connectivity index is 0.00000100. The van der Waals surface area contributed by atoms with Crippen LogP contribution in [-0.2, 0) is 4.74 Å². The SMILES string of the molecule is CC.NC[C@H]1CN(c2ccc(-c3ccc(Cl)nc3)c(F)c2)C(=O)O1. The molecule has 24 heavy (non-hydrogen) atoms. The number of amides is 1. The van der Waals surface area contributed by atoms with Gasteiger partial charge in [0, 0.05) is 23.9 Å². The lowest BCUT2D eigenvalue weighted by atomic mass is 10.1. The van der Waals surface area contributed by atoms with Crippen LogP contribution in [0.5, 0.6) is 0 Å². The van der Waals surface area contributed by atoms with Crippen LogP contribution < -0.4 is 10.6 Å². The second kappa shape index (κ2) is 8.08. The van der Waals surface area contributed by atoms with Crippen LogP contribution in [0.25, 0.3) is 11.1 Å². The molecule has 2 heterocycles. The molecule has 2 N–H and O–H groups in total. The summed E-state index contributed by atoms with van der Waals surface area (Å²) >= 11 is 5.72. The number of pyridine rings is 1. The lowest BCUT2D eigenvalue weighted by molar-refractivity contribution is 0.145. The van der Waals surface area contributed by atoms with Gasteiger partial charge in [-0.1, -0.05) is 25.4 Å². The number of hydrogen-bond donors (Lipinski definition) is 1. The minimum absolute atomic E-state index is 0.235. The van der Waals surface area contributed by atoms with Crippen molar-refractivity contribution in [1.29, 1.82) is 0 Å². The molecular formula is C17H19ClFN3O2. The molecule has 128 valence electrons. The summed E-state index contributed by atoms with van der Waals surface area (Å²) in [5.74, 6) is -0.453. The van der Waals surface area contributed by atoms with Gasteiger partial charge in [-0.25, -0.2) is 14.2 Å². The van der Waals surface area contributed by atoms with Crippen molar-refractivity contribution in [1.82, 2.24) is 4.98 Å². The van der Waals surface area contributed by atoms with Crippen molar-refractivity contribution in [3.05, 3.63) is 47.5 Å². The van der Waals surface area contributed by atoms with E-state index in [-0.39, 0.29) is 12.6 Å². The van der Waals surface area contributed by atoms with E-state index in [1.807, 2.05) is 13.8 Å². The lowest BCUT2D eigenvalue weighted by Gasteiger charge is -2.14. The number of carbonyl (C=O) groups excluding carboxylic acids is 1. The van der Waals surface area contributed by atoms with Gasteiger partial charge in [-0.15, -0.1) is 0 Å². The molecule has 1 aromatic heterocycles. The molecule has 1 saturated heterocycles. The third-order valence-corrected chi connectivity index (χ3v) is 3.66. The van der Waals surface area contributed by atoms with Gasteiger partial charge >= 0.3 is 6.09 Å². The van der Waals surface area contributed by atoms with Crippen molar-refractivity contribution in [2.75, 3.05) is 18.0 Å². The molecule has 0 bridgehead atoms. The molecule has 1 aromatic carbocycles. The van der Waals surface area contributed by atoms with E-state index in [4.69, 9.17) is 22.1 Å². The summed E-state index contributed by atoms with van der Waals surface area (Å²) in [6, 6.07) is 7.83. The van der Waals surface area contributed by atoms with Crippen LogP contribution in [0.15, 0.2) is 36.5 Å². The zero-order chi connectivity index (χ0) is 17.7. The number of hydrogen-bond acceptors (Lipinski definition) is 4. The van der Waals surface area contributed by atoms with E-state index in [1.54, 1.807) is 24.3 Å². The summed E-state index contributed by atoms with van der Waals surface area (Å²) in [5.41, 5.74) is 6.91. The predicted octanol–water partition coefficient (Wildman–Crippen LogP) is 3.85. The van der Waals surface area contributed by atoms with Crippen LogP contribution in [0.4, 0.5) is 14.9 Å². The molecule has 0 saturated carbocycles. The monoisotopic (exact) mass is 351 g/mol. The fourth-order valence-electron chi connectivity index (χ4n) is 2.30. The maximum absolute atomic E-state index is 14.3. The highest BCUT2D eigenvalue weighted by molar-refractivity contribution is 6.29. The summed E-state index contributed by atoms with van der Waals surface area (Å²) in [6.45, 7) is 4.55. The normalized spacial score (nSPS) is 16.5. The van der Waals surface area contributed by atoms with Gasteiger partial charge in [0.1, 0.15) is 17.1 Å². The van der Waals surface area contributed by atoms with Crippen molar-refractivity contribution >= 4 is 23.4 Å². The van der Waals surface area contributed by atoms with E-state index in [2.05, 4.69) is 4.98 Å². The van der Waals surface area contributed by atoms with Gasteiger partial charge in [-0.05, 0) is 30.3 Å². The van der Waals surface area contributed by atoms with Crippen LogP contribution >= 0.6 is 11.6 Å². The first-order valence-corrected chi connectivity index (χ1v) is 8.06. The Kier molecular flexibility index (Phi) is 6.11. The Bertz CT molecular complexity index is 709. The Morgan fingerprint density at radius 1 is 1.38 bits per heavy atom. The first kappa shape index (κ1) is 18.2. The number of ether oxygens (including phenoxy) is 1. The Morgan fingerprint density at radius 3 is 2.67 bits per heavy atom. The number of nitrogens with two attached hydrogens (primary N) is 1. The Labute approximate surface area is 145 Å². The van der Waals surface area contributed by atoms with Crippen molar-refractivity contribution in [3.63, 3.8) is 0 Å². The molecule has 0 unspecified atom stereocenters. The average Bonchev–Trinajstić information content (AvgIpc) is 2.98. The summed E-state index contributed by atoms with van der Waals surface area (Å²) in [5, 5.41) is 0.341. The largest absolute Gasteiger partial charge is 0.443 e. The zero-order valence-corrected chi connectivity index (χ0v) is 14.3. The first-order chi connectivity index (χ1) is 11.6. The molecule has 1 atom stereocenters. The molecule has 1 aliphatic heterocycles. The minimum atomic E-state index is -0.518. The number of rotatable bonds is 3. The predicted molar refractivity (Wildman–Crippen MR) is 92.7 cm³/mol. The molecule has 0 spiro atoms. The second-order valence-electron chi connectivity index (χ2n) is 4.89. The van der Waals surface area contributed by atoms with Crippen LogP contribution in [0.1, 0.15) is 13.8 Å². The molecule has 1 fully saturated rings. The van der Waals surface area contributed by atoms with Gasteiger partial charge < -0.3 is 10.5 Å². The smallest absolute Gasteiger partial charge is 0.414 e. The quantitative estimate of drug-likeness (QED) is 0.853. The second-order valence-corrected chi connectivity index (χ2v) is 5.27. The highest BCUT2D eigenvalue weighted by atomic mass is 35.5. The van der Waals surface area contributed by atoms with Gasteiger partial charge in [0.25, 0.3) is 0 Å². The molecule has 2 aromatic rings. The number of halogens is 2. The van der Waals surface area contributed by atoms with Crippen molar-refractivity contribution in [3.8, 4) is 11.1 Å².